The fraction of sp³-hybridized carbons (Fsp3) is 0.333. The van der Waals surface area contributed by atoms with E-state index in [1.165, 1.54) is 22.5 Å². The number of carbonyl (C=O) groups is 1. The first kappa shape index (κ1) is 22.2. The van der Waals surface area contributed by atoms with Gasteiger partial charge in [-0.3, -0.25) is 9.69 Å². The van der Waals surface area contributed by atoms with Crippen molar-refractivity contribution < 1.29 is 4.79 Å². The van der Waals surface area contributed by atoms with Gasteiger partial charge in [0, 0.05) is 23.2 Å². The number of rotatable bonds is 7. The van der Waals surface area contributed by atoms with E-state index in [1.54, 1.807) is 11.3 Å². The van der Waals surface area contributed by atoms with Crippen molar-refractivity contribution in [3.63, 3.8) is 0 Å². The second-order valence-corrected chi connectivity index (χ2v) is 10.1. The Hall–Kier alpha value is -1.99. The van der Waals surface area contributed by atoms with Gasteiger partial charge in [-0.05, 0) is 56.3 Å². The first-order chi connectivity index (χ1) is 14.9. The highest BCUT2D eigenvalue weighted by atomic mass is 35.5. The number of aromatic nitrogens is 1. The maximum atomic E-state index is 13.7. The van der Waals surface area contributed by atoms with Crippen molar-refractivity contribution in [2.45, 2.75) is 27.7 Å². The number of thiophene rings is 1. The molecule has 2 aromatic heterocycles. The number of likely N-dealkylation sites (N-methyl/N-ethyl adjacent to an activating group) is 1. The number of nitrogens with zero attached hydrogens (tertiary/aromatic N) is 3. The number of hydrogen-bond donors (Lipinski definition) is 0. The minimum atomic E-state index is -0.0779. The van der Waals surface area contributed by atoms with Crippen LogP contribution in [0.25, 0.3) is 20.3 Å². The van der Waals surface area contributed by atoms with Crippen LogP contribution >= 0.6 is 34.3 Å². The van der Waals surface area contributed by atoms with Gasteiger partial charge in [-0.1, -0.05) is 55.0 Å². The normalized spacial score (nSPS) is 11.7. The van der Waals surface area contributed by atoms with Gasteiger partial charge in [0.2, 0.25) is 0 Å². The molecule has 31 heavy (non-hydrogen) atoms. The molecule has 4 nitrogen and oxygen atoms in total. The van der Waals surface area contributed by atoms with Gasteiger partial charge < -0.3 is 4.90 Å². The quantitative estimate of drug-likeness (QED) is 0.298. The molecule has 2 aromatic carbocycles. The van der Waals surface area contributed by atoms with E-state index in [0.717, 1.165) is 45.1 Å². The molecular formula is C24H26ClN3OS2. The first-order valence-corrected chi connectivity index (χ1v) is 12.5. The summed E-state index contributed by atoms with van der Waals surface area (Å²) in [5.41, 5.74) is 3.38. The molecule has 0 saturated heterocycles. The second-order valence-electron chi connectivity index (χ2n) is 7.63. The van der Waals surface area contributed by atoms with E-state index in [1.807, 2.05) is 29.2 Å². The Balaban J connectivity index is 1.76. The largest absolute Gasteiger partial charge is 0.302 e. The van der Waals surface area contributed by atoms with Crippen LogP contribution in [0.3, 0.4) is 0 Å². The Morgan fingerprint density at radius 1 is 1.00 bits per heavy atom. The van der Waals surface area contributed by atoms with Crippen LogP contribution < -0.4 is 4.90 Å². The Labute approximate surface area is 196 Å². The van der Waals surface area contributed by atoms with Crippen LogP contribution in [-0.2, 0) is 0 Å². The van der Waals surface area contributed by atoms with Crippen molar-refractivity contribution in [1.29, 1.82) is 0 Å². The third-order valence-corrected chi connectivity index (χ3v) is 8.44. The van der Waals surface area contributed by atoms with Gasteiger partial charge in [-0.25, -0.2) is 4.98 Å². The summed E-state index contributed by atoms with van der Waals surface area (Å²) in [5, 5.41) is 2.19. The predicted molar refractivity (Wildman–Crippen MR) is 135 cm³/mol. The zero-order valence-electron chi connectivity index (χ0n) is 18.2. The summed E-state index contributed by atoms with van der Waals surface area (Å²) >= 11 is 9.68. The molecule has 0 radical (unpaired) electrons. The average Bonchev–Trinajstić information content (AvgIpc) is 3.32. The first-order valence-electron chi connectivity index (χ1n) is 10.5. The summed E-state index contributed by atoms with van der Waals surface area (Å²) in [6.07, 6.45) is 0. The molecule has 7 heteroatoms. The topological polar surface area (TPSA) is 36.4 Å². The highest BCUT2D eigenvalue weighted by Gasteiger charge is 2.26. The molecule has 2 heterocycles. The maximum Gasteiger partial charge on any atom is 0.271 e. The third kappa shape index (κ3) is 4.35. The molecule has 0 aliphatic rings. The smallest absolute Gasteiger partial charge is 0.271 e. The minimum Gasteiger partial charge on any atom is -0.302 e. The highest BCUT2D eigenvalue weighted by Crippen LogP contribution is 2.38. The van der Waals surface area contributed by atoms with E-state index in [0.29, 0.717) is 16.4 Å². The molecule has 0 atom stereocenters. The fourth-order valence-corrected chi connectivity index (χ4v) is 6.15. The number of thiazole rings is 1. The lowest BCUT2D eigenvalue weighted by molar-refractivity contribution is 0.0988. The van der Waals surface area contributed by atoms with Crippen molar-refractivity contribution in [2.24, 2.45) is 0 Å². The summed E-state index contributed by atoms with van der Waals surface area (Å²) in [5.74, 6) is -0.0779. The van der Waals surface area contributed by atoms with Crippen molar-refractivity contribution in [2.75, 3.05) is 31.1 Å². The number of anilines is 1. The second kappa shape index (κ2) is 9.25. The highest BCUT2D eigenvalue weighted by molar-refractivity contribution is 7.23. The number of hydrogen-bond acceptors (Lipinski definition) is 5. The minimum absolute atomic E-state index is 0.0779. The Morgan fingerprint density at radius 2 is 1.71 bits per heavy atom. The van der Waals surface area contributed by atoms with Gasteiger partial charge in [0.1, 0.15) is 4.88 Å². The molecule has 0 N–H and O–H groups in total. The van der Waals surface area contributed by atoms with Crippen molar-refractivity contribution in [3.8, 4) is 0 Å². The molecule has 4 rings (SSSR count). The van der Waals surface area contributed by atoms with Crippen LogP contribution in [0.15, 0.2) is 36.4 Å². The van der Waals surface area contributed by atoms with Crippen LogP contribution in [-0.4, -0.2) is 42.0 Å². The van der Waals surface area contributed by atoms with Gasteiger partial charge >= 0.3 is 0 Å². The number of carbonyl (C=O) groups excluding carboxylic acids is 1. The van der Waals surface area contributed by atoms with Crippen molar-refractivity contribution in [1.82, 2.24) is 9.88 Å². The molecule has 0 aliphatic heterocycles. The lowest BCUT2D eigenvalue weighted by Gasteiger charge is -2.24. The number of amides is 1. The number of halogens is 1. The molecule has 0 spiro atoms. The lowest BCUT2D eigenvalue weighted by Crippen LogP contribution is -2.38. The molecule has 4 aromatic rings. The molecule has 0 saturated carbocycles. The molecule has 162 valence electrons. The van der Waals surface area contributed by atoms with Crippen molar-refractivity contribution in [3.05, 3.63) is 57.4 Å². The Kier molecular flexibility index (Phi) is 6.63. The Bertz CT molecular complexity index is 1200. The molecular weight excluding hydrogens is 446 g/mol. The van der Waals surface area contributed by atoms with E-state index in [2.05, 4.69) is 44.7 Å². The van der Waals surface area contributed by atoms with E-state index < -0.39 is 0 Å². The van der Waals surface area contributed by atoms with Crippen LogP contribution in [0.2, 0.25) is 5.02 Å². The predicted octanol–water partition coefficient (Wildman–Crippen LogP) is 6.77. The summed E-state index contributed by atoms with van der Waals surface area (Å²) in [6, 6.07) is 12.2. The number of benzene rings is 2. The third-order valence-electron chi connectivity index (χ3n) is 5.73. The number of fused-ring (bicyclic) bond motifs is 2. The molecule has 1 amide bonds. The van der Waals surface area contributed by atoms with E-state index in [-0.39, 0.29) is 5.91 Å². The molecule has 0 fully saturated rings. The fourth-order valence-electron chi connectivity index (χ4n) is 3.62. The van der Waals surface area contributed by atoms with Crippen LogP contribution in [0, 0.1) is 13.8 Å². The zero-order chi connectivity index (χ0) is 22.1. The van der Waals surface area contributed by atoms with E-state index in [9.17, 15) is 4.79 Å². The summed E-state index contributed by atoms with van der Waals surface area (Å²) in [7, 11) is 0. The van der Waals surface area contributed by atoms with Gasteiger partial charge in [-0.2, -0.15) is 0 Å². The van der Waals surface area contributed by atoms with Gasteiger partial charge in [-0.15, -0.1) is 11.3 Å². The lowest BCUT2D eigenvalue weighted by atomic mass is 10.1. The van der Waals surface area contributed by atoms with Crippen LogP contribution in [0.1, 0.15) is 34.6 Å². The molecule has 0 aliphatic carbocycles. The van der Waals surface area contributed by atoms with Gasteiger partial charge in [0.05, 0.1) is 15.2 Å². The monoisotopic (exact) mass is 471 g/mol. The van der Waals surface area contributed by atoms with Crippen molar-refractivity contribution >= 4 is 65.6 Å². The SMILES string of the molecule is CCN(CC)CCN(C(=O)c1sc2ccccc2c1Cl)c1nc2cc(C)c(C)cc2s1. The summed E-state index contributed by atoms with van der Waals surface area (Å²) in [4.78, 5) is 23.3. The van der Waals surface area contributed by atoms with Crippen LogP contribution in [0.4, 0.5) is 5.13 Å². The zero-order valence-corrected chi connectivity index (χ0v) is 20.6. The van der Waals surface area contributed by atoms with Gasteiger partial charge in [0.25, 0.3) is 5.91 Å². The number of aryl methyl sites for hydroxylation is 2. The standard InChI is InChI=1S/C24H26ClN3OS2/c1-5-27(6-2)11-12-28(24-26-18-13-15(3)16(4)14-20(18)31-24)23(29)22-21(25)17-9-7-8-10-19(17)30-22/h7-10,13-14H,5-6,11-12H2,1-4H3. The maximum absolute atomic E-state index is 13.7. The van der Waals surface area contributed by atoms with E-state index in [4.69, 9.17) is 16.6 Å². The average molecular weight is 472 g/mol. The summed E-state index contributed by atoms with van der Waals surface area (Å²) in [6.45, 7) is 11.7. The molecule has 0 bridgehead atoms. The van der Waals surface area contributed by atoms with Crippen LogP contribution in [0.5, 0.6) is 0 Å². The Morgan fingerprint density at radius 3 is 2.42 bits per heavy atom. The van der Waals surface area contributed by atoms with E-state index >= 15 is 0 Å². The molecule has 0 unspecified atom stereocenters. The van der Waals surface area contributed by atoms with Gasteiger partial charge in [0.15, 0.2) is 5.13 Å². The summed E-state index contributed by atoms with van der Waals surface area (Å²) < 4.78 is 2.12.